The molecule has 28 heavy (non-hydrogen) atoms. The van der Waals surface area contributed by atoms with Gasteiger partial charge in [0, 0.05) is 22.4 Å². The Morgan fingerprint density at radius 1 is 0.964 bits per heavy atom. The lowest BCUT2D eigenvalue weighted by Crippen LogP contribution is -2.45. The van der Waals surface area contributed by atoms with Crippen LogP contribution in [0.15, 0.2) is 53.0 Å². The van der Waals surface area contributed by atoms with Gasteiger partial charge in [0.25, 0.3) is 0 Å². The van der Waals surface area contributed by atoms with Crippen LogP contribution in [0.25, 0.3) is 0 Å². The van der Waals surface area contributed by atoms with Crippen LogP contribution in [-0.4, -0.2) is 29.4 Å². The van der Waals surface area contributed by atoms with Crippen LogP contribution < -0.4 is 10.6 Å². The molecule has 3 rings (SSSR count). The van der Waals surface area contributed by atoms with E-state index in [4.69, 9.17) is 0 Å². The molecule has 1 aliphatic rings. The molecule has 0 spiro atoms. The lowest BCUT2D eigenvalue weighted by atomic mass is 10.2. The molecule has 1 fully saturated rings. The molecule has 0 bridgehead atoms. The quantitative estimate of drug-likeness (QED) is 0.675. The van der Waals surface area contributed by atoms with Crippen LogP contribution in [0.1, 0.15) is 18.4 Å². The van der Waals surface area contributed by atoms with E-state index in [-0.39, 0.29) is 11.6 Å². The summed E-state index contributed by atoms with van der Waals surface area (Å²) < 4.78 is 38.8. The Kier molecular flexibility index (Phi) is 5.93. The highest BCUT2D eigenvalue weighted by Crippen LogP contribution is 2.30. The third-order valence-corrected chi connectivity index (χ3v) is 4.92. The van der Waals surface area contributed by atoms with E-state index in [9.17, 15) is 22.8 Å². The van der Waals surface area contributed by atoms with Crippen molar-refractivity contribution in [2.75, 3.05) is 17.2 Å². The number of hydrogen-bond donors (Lipinski definition) is 2. The predicted molar refractivity (Wildman–Crippen MR) is 103 cm³/mol. The third kappa shape index (κ3) is 4.83. The fourth-order valence-corrected chi connectivity index (χ4v) is 3.24. The maximum atomic E-state index is 12.6. The van der Waals surface area contributed by atoms with Crippen LogP contribution in [0.5, 0.6) is 0 Å². The van der Waals surface area contributed by atoms with Crippen molar-refractivity contribution in [3.63, 3.8) is 0 Å². The van der Waals surface area contributed by atoms with Gasteiger partial charge in [0.05, 0.1) is 5.56 Å². The van der Waals surface area contributed by atoms with E-state index in [1.54, 1.807) is 24.3 Å². The highest BCUT2D eigenvalue weighted by Gasteiger charge is 2.34. The smallest absolute Gasteiger partial charge is 0.324 e. The van der Waals surface area contributed by atoms with Gasteiger partial charge in [-0.1, -0.05) is 15.9 Å². The van der Waals surface area contributed by atoms with E-state index >= 15 is 0 Å². The summed E-state index contributed by atoms with van der Waals surface area (Å²) in [5.41, 5.74) is 0.0542. The number of carbonyl (C=O) groups is 2. The van der Waals surface area contributed by atoms with Gasteiger partial charge in [0.1, 0.15) is 6.04 Å². The van der Waals surface area contributed by atoms with Crippen molar-refractivity contribution in [2.45, 2.75) is 25.1 Å². The van der Waals surface area contributed by atoms with Crippen molar-refractivity contribution in [3.8, 4) is 0 Å². The third-order valence-electron chi connectivity index (χ3n) is 4.39. The molecule has 3 amide bonds. The second-order valence-corrected chi connectivity index (χ2v) is 7.27. The summed E-state index contributed by atoms with van der Waals surface area (Å²) >= 11 is 3.32. The number of anilines is 2. The predicted octanol–water partition coefficient (Wildman–Crippen LogP) is 5.10. The molecule has 2 aromatic carbocycles. The van der Waals surface area contributed by atoms with Crippen LogP contribution in [0.4, 0.5) is 29.3 Å². The van der Waals surface area contributed by atoms with E-state index in [2.05, 4.69) is 26.6 Å². The van der Waals surface area contributed by atoms with E-state index in [0.717, 1.165) is 16.6 Å². The number of amides is 3. The van der Waals surface area contributed by atoms with Gasteiger partial charge in [-0.15, -0.1) is 0 Å². The number of benzene rings is 2. The fraction of sp³-hybridized carbons (Fsp3) is 0.263. The number of alkyl halides is 3. The van der Waals surface area contributed by atoms with E-state index in [1.165, 1.54) is 17.0 Å². The largest absolute Gasteiger partial charge is 0.416 e. The summed E-state index contributed by atoms with van der Waals surface area (Å²) in [5.74, 6) is -0.303. The molecule has 1 aliphatic heterocycles. The van der Waals surface area contributed by atoms with Crippen LogP contribution in [0, 0.1) is 0 Å². The van der Waals surface area contributed by atoms with Crippen molar-refractivity contribution in [1.29, 1.82) is 0 Å². The minimum Gasteiger partial charge on any atom is -0.324 e. The molecular weight excluding hydrogens is 439 g/mol. The fourth-order valence-electron chi connectivity index (χ4n) is 2.98. The zero-order valence-corrected chi connectivity index (χ0v) is 16.2. The standard InChI is InChI=1S/C19H17BrF3N3O2/c20-13-5-9-14(10-6-13)24-17(27)16-2-1-11-26(16)18(28)25-15-7-3-12(4-8-15)19(21,22)23/h3-10,16H,1-2,11H2,(H,24,27)(H,25,28)/t16-/m1/s1. The van der Waals surface area contributed by atoms with Gasteiger partial charge >= 0.3 is 12.2 Å². The summed E-state index contributed by atoms with van der Waals surface area (Å²) in [7, 11) is 0. The number of carbonyl (C=O) groups excluding carboxylic acids is 2. The molecule has 5 nitrogen and oxygen atoms in total. The number of nitrogens with zero attached hydrogens (tertiary/aromatic N) is 1. The van der Waals surface area contributed by atoms with Crippen LogP contribution >= 0.6 is 15.9 Å². The highest BCUT2D eigenvalue weighted by atomic mass is 79.9. The van der Waals surface area contributed by atoms with Crippen LogP contribution in [-0.2, 0) is 11.0 Å². The Morgan fingerprint density at radius 3 is 2.14 bits per heavy atom. The van der Waals surface area contributed by atoms with E-state index in [0.29, 0.717) is 25.1 Å². The summed E-state index contributed by atoms with van der Waals surface area (Å²) in [6, 6.07) is 10.1. The second kappa shape index (κ2) is 8.22. The molecule has 2 N–H and O–H groups in total. The minimum atomic E-state index is -4.44. The van der Waals surface area contributed by atoms with Gasteiger partial charge in [-0.05, 0) is 61.4 Å². The Balaban J connectivity index is 1.64. The molecule has 1 saturated heterocycles. The first kappa shape index (κ1) is 20.2. The van der Waals surface area contributed by atoms with Crippen molar-refractivity contribution >= 4 is 39.2 Å². The number of hydrogen-bond acceptors (Lipinski definition) is 2. The highest BCUT2D eigenvalue weighted by molar-refractivity contribution is 9.10. The molecule has 1 atom stereocenters. The SMILES string of the molecule is O=C(Nc1ccc(Br)cc1)[C@H]1CCCN1C(=O)Nc1ccc(C(F)(F)F)cc1. The van der Waals surface area contributed by atoms with Crippen molar-refractivity contribution in [3.05, 3.63) is 58.6 Å². The van der Waals surface area contributed by atoms with Crippen molar-refractivity contribution in [1.82, 2.24) is 4.90 Å². The first-order valence-electron chi connectivity index (χ1n) is 8.55. The van der Waals surface area contributed by atoms with E-state index < -0.39 is 23.8 Å². The average molecular weight is 456 g/mol. The Morgan fingerprint density at radius 2 is 1.54 bits per heavy atom. The minimum absolute atomic E-state index is 0.233. The summed E-state index contributed by atoms with van der Waals surface area (Å²) in [4.78, 5) is 26.5. The zero-order chi connectivity index (χ0) is 20.3. The Bertz CT molecular complexity index is 854. The first-order valence-corrected chi connectivity index (χ1v) is 9.34. The van der Waals surface area contributed by atoms with Crippen molar-refractivity contribution < 1.29 is 22.8 Å². The van der Waals surface area contributed by atoms with Gasteiger partial charge in [-0.25, -0.2) is 4.79 Å². The van der Waals surface area contributed by atoms with Crippen molar-refractivity contribution in [2.24, 2.45) is 0 Å². The first-order chi connectivity index (χ1) is 13.2. The monoisotopic (exact) mass is 455 g/mol. The number of halogens is 4. The van der Waals surface area contributed by atoms with Gasteiger partial charge in [0.2, 0.25) is 5.91 Å². The molecule has 0 radical (unpaired) electrons. The number of rotatable bonds is 3. The topological polar surface area (TPSA) is 61.4 Å². The molecular formula is C19H17BrF3N3O2. The van der Waals surface area contributed by atoms with Crippen LogP contribution in [0.3, 0.4) is 0 Å². The molecule has 1 heterocycles. The summed E-state index contributed by atoms with van der Waals surface area (Å²) in [5, 5.41) is 5.33. The molecule has 0 aromatic heterocycles. The van der Waals surface area contributed by atoms with Crippen LogP contribution in [0.2, 0.25) is 0 Å². The average Bonchev–Trinajstić information content (AvgIpc) is 3.13. The van der Waals surface area contributed by atoms with Gasteiger partial charge in [-0.3, -0.25) is 4.79 Å². The van der Waals surface area contributed by atoms with Gasteiger partial charge in [-0.2, -0.15) is 13.2 Å². The van der Waals surface area contributed by atoms with Gasteiger partial charge in [0.15, 0.2) is 0 Å². The lowest BCUT2D eigenvalue weighted by Gasteiger charge is -2.24. The second-order valence-electron chi connectivity index (χ2n) is 6.35. The molecule has 0 saturated carbocycles. The molecule has 9 heteroatoms. The maximum Gasteiger partial charge on any atom is 0.416 e. The lowest BCUT2D eigenvalue weighted by molar-refractivity contribution is -0.137. The van der Waals surface area contributed by atoms with E-state index in [1.807, 2.05) is 0 Å². The molecule has 0 unspecified atom stereocenters. The molecule has 2 aromatic rings. The Hall–Kier alpha value is -2.55. The molecule has 148 valence electrons. The zero-order valence-electron chi connectivity index (χ0n) is 14.6. The summed E-state index contributed by atoms with van der Waals surface area (Å²) in [6.45, 7) is 0.394. The normalized spacial score (nSPS) is 16.7. The number of urea groups is 1. The van der Waals surface area contributed by atoms with Gasteiger partial charge < -0.3 is 15.5 Å². The number of likely N-dealkylation sites (tertiary alicyclic amines) is 1. The number of nitrogens with one attached hydrogen (secondary N) is 2. The maximum absolute atomic E-state index is 12.6. The Labute approximate surface area is 168 Å². The summed E-state index contributed by atoms with van der Waals surface area (Å²) in [6.07, 6.45) is -3.25. The molecule has 0 aliphatic carbocycles.